The molecule has 3 atom stereocenters. The van der Waals surface area contributed by atoms with Gasteiger partial charge in [0.1, 0.15) is 23.2 Å². The molecule has 0 radical (unpaired) electrons. The first-order chi connectivity index (χ1) is 19.2. The highest BCUT2D eigenvalue weighted by Crippen LogP contribution is 2.28. The largest absolute Gasteiger partial charge is 0.460 e. The molecule has 1 unspecified atom stereocenters. The molecule has 0 fully saturated rings. The fraction of sp³-hybridized carbons (Fsp3) is 0.517. The Bertz CT molecular complexity index is 1250. The highest BCUT2D eigenvalue weighted by molar-refractivity contribution is 6.32. The minimum atomic E-state index is -1.08. The molecule has 11 nitrogen and oxygen atoms in total. The molecular weight excluding hydrogens is 552 g/mol. The maximum atomic E-state index is 13.3. The summed E-state index contributed by atoms with van der Waals surface area (Å²) in [4.78, 5) is 39.5. The number of carbonyl (C=O) groups excluding carboxylic acids is 3. The molecule has 41 heavy (non-hydrogen) atoms. The fourth-order valence-electron chi connectivity index (χ4n) is 4.33. The van der Waals surface area contributed by atoms with E-state index in [1.807, 2.05) is 13.8 Å². The zero-order valence-corrected chi connectivity index (χ0v) is 24.8. The van der Waals surface area contributed by atoms with Gasteiger partial charge in [0.05, 0.1) is 36.7 Å². The Hall–Kier alpha value is -3.41. The summed E-state index contributed by atoms with van der Waals surface area (Å²) in [7, 11) is 0. The molecule has 3 rings (SSSR count). The molecule has 0 aliphatic carbocycles. The van der Waals surface area contributed by atoms with E-state index in [2.05, 4.69) is 10.4 Å². The molecule has 0 saturated carbocycles. The number of hydrogen-bond acceptors (Lipinski definition) is 8. The molecule has 2 heterocycles. The molecule has 0 saturated heterocycles. The molecule has 1 aliphatic heterocycles. The molecule has 12 heteroatoms. The number of amides is 2. The Morgan fingerprint density at radius 2 is 1.83 bits per heavy atom. The van der Waals surface area contributed by atoms with Crippen molar-refractivity contribution in [2.24, 2.45) is 5.92 Å². The van der Waals surface area contributed by atoms with Crippen LogP contribution in [0.1, 0.15) is 53.9 Å². The summed E-state index contributed by atoms with van der Waals surface area (Å²) < 4.78 is 12.4. The van der Waals surface area contributed by atoms with Gasteiger partial charge in [-0.15, -0.1) is 0 Å². The predicted molar refractivity (Wildman–Crippen MR) is 153 cm³/mol. The Balaban J connectivity index is 1.57. The molecule has 2 amide bonds. The zero-order chi connectivity index (χ0) is 30.3. The van der Waals surface area contributed by atoms with E-state index in [9.17, 15) is 24.6 Å². The second kappa shape index (κ2) is 14.0. The van der Waals surface area contributed by atoms with Crippen LogP contribution in [0.5, 0.6) is 5.75 Å². The van der Waals surface area contributed by atoms with Crippen molar-refractivity contribution in [1.82, 2.24) is 14.7 Å². The van der Waals surface area contributed by atoms with Crippen molar-refractivity contribution < 1.29 is 34.1 Å². The van der Waals surface area contributed by atoms with Crippen molar-refractivity contribution in [1.29, 1.82) is 0 Å². The van der Waals surface area contributed by atoms with Crippen molar-refractivity contribution in [3.05, 3.63) is 53.4 Å². The fourth-order valence-corrected chi connectivity index (χ4v) is 4.51. The summed E-state index contributed by atoms with van der Waals surface area (Å²) in [5.41, 5.74) is -0.662. The minimum absolute atomic E-state index is 0.0357. The summed E-state index contributed by atoms with van der Waals surface area (Å²) in [5, 5.41) is 28.0. The Labute approximate surface area is 245 Å². The monoisotopic (exact) mass is 590 g/mol. The number of para-hydroxylation sites is 1. The van der Waals surface area contributed by atoms with Crippen LogP contribution in [0.15, 0.2) is 48.4 Å². The average Bonchev–Trinajstić information content (AvgIpc) is 3.42. The number of aromatic nitrogens is 2. The van der Waals surface area contributed by atoms with Gasteiger partial charge >= 0.3 is 5.97 Å². The number of halogens is 1. The Kier molecular flexibility index (Phi) is 10.9. The van der Waals surface area contributed by atoms with Crippen LogP contribution in [0.3, 0.4) is 0 Å². The number of nitrogens with one attached hydrogen (secondary N) is 1. The number of anilines is 1. The van der Waals surface area contributed by atoms with Crippen LogP contribution in [-0.4, -0.2) is 73.1 Å². The zero-order valence-electron chi connectivity index (χ0n) is 24.0. The van der Waals surface area contributed by atoms with Crippen molar-refractivity contribution >= 4 is 35.2 Å². The lowest BCUT2D eigenvalue weighted by atomic mass is 10.0. The molecule has 1 aromatic carbocycles. The predicted octanol–water partition coefficient (Wildman–Crippen LogP) is 3.54. The van der Waals surface area contributed by atoms with E-state index in [-0.39, 0.29) is 43.6 Å². The van der Waals surface area contributed by atoms with Crippen LogP contribution in [0.4, 0.5) is 5.82 Å². The summed E-state index contributed by atoms with van der Waals surface area (Å²) in [6.07, 6.45) is 0.992. The van der Waals surface area contributed by atoms with Gasteiger partial charge in [-0.25, -0.2) is 0 Å². The summed E-state index contributed by atoms with van der Waals surface area (Å²) in [5.74, 6) is -0.123. The first-order valence-corrected chi connectivity index (χ1v) is 13.9. The molecular formula is C29H39ClN4O7. The standard InChI is InChI=1S/C29H39ClN4O7/c1-18(2)12-23(34-17-21(15-26(34)37)40-24-9-7-6-8-22(24)30)28(39)31-25-10-11-33(32-25)16-20(36)13-19(35)14-27(38)41-29(3,4)5/h6-11,15,18-20,23,35-36H,12-14,16-17H2,1-5H3,(H,31,32,39)/t19-,20+,23?/m1/s1. The van der Waals surface area contributed by atoms with Gasteiger partial charge in [0.25, 0.3) is 5.91 Å². The number of nitrogens with zero attached hydrogens (tertiary/aromatic N) is 3. The molecule has 2 aromatic rings. The van der Waals surface area contributed by atoms with Crippen molar-refractivity contribution in [3.8, 4) is 5.75 Å². The number of rotatable bonds is 13. The van der Waals surface area contributed by atoms with E-state index in [1.54, 1.807) is 57.3 Å². The summed E-state index contributed by atoms with van der Waals surface area (Å²) in [6, 6.07) is 7.73. The minimum Gasteiger partial charge on any atom is -0.460 e. The van der Waals surface area contributed by atoms with Gasteiger partial charge in [0.15, 0.2) is 5.82 Å². The third-order valence-corrected chi connectivity index (χ3v) is 6.31. The molecule has 3 N–H and O–H groups in total. The lowest BCUT2D eigenvalue weighted by molar-refractivity contribution is -0.157. The molecule has 224 valence electrons. The van der Waals surface area contributed by atoms with E-state index in [0.29, 0.717) is 23.0 Å². The third-order valence-electron chi connectivity index (χ3n) is 6.00. The average molecular weight is 591 g/mol. The van der Waals surface area contributed by atoms with Crippen LogP contribution in [-0.2, 0) is 25.7 Å². The Morgan fingerprint density at radius 1 is 1.12 bits per heavy atom. The number of aliphatic hydroxyl groups is 2. The highest BCUT2D eigenvalue weighted by Gasteiger charge is 2.35. The van der Waals surface area contributed by atoms with Gasteiger partial charge in [-0.1, -0.05) is 37.6 Å². The molecule has 1 aromatic heterocycles. The van der Waals surface area contributed by atoms with Crippen LogP contribution < -0.4 is 10.1 Å². The van der Waals surface area contributed by atoms with Gasteiger partial charge < -0.3 is 29.9 Å². The second-order valence-electron chi connectivity index (χ2n) is 11.5. The van der Waals surface area contributed by atoms with E-state index in [1.165, 1.54) is 15.7 Å². The number of ether oxygens (including phenoxy) is 2. The normalized spacial score (nSPS) is 15.9. The summed E-state index contributed by atoms with van der Waals surface area (Å²) >= 11 is 6.18. The van der Waals surface area contributed by atoms with Gasteiger partial charge in [-0.2, -0.15) is 5.10 Å². The van der Waals surface area contributed by atoms with Gasteiger partial charge in [0, 0.05) is 24.8 Å². The first-order valence-electron chi connectivity index (χ1n) is 13.6. The van der Waals surface area contributed by atoms with Crippen LogP contribution >= 0.6 is 11.6 Å². The number of aliphatic hydroxyl groups excluding tert-OH is 2. The molecule has 0 bridgehead atoms. The van der Waals surface area contributed by atoms with Crippen LogP contribution in [0, 0.1) is 5.92 Å². The number of hydrogen-bond donors (Lipinski definition) is 3. The van der Waals surface area contributed by atoms with E-state index in [0.717, 1.165) is 0 Å². The summed E-state index contributed by atoms with van der Waals surface area (Å²) in [6.45, 7) is 9.28. The van der Waals surface area contributed by atoms with Crippen molar-refractivity contribution in [2.45, 2.75) is 84.3 Å². The quantitative estimate of drug-likeness (QED) is 0.301. The maximum Gasteiger partial charge on any atom is 0.308 e. The molecule has 0 spiro atoms. The number of benzene rings is 1. The van der Waals surface area contributed by atoms with Gasteiger partial charge in [-0.05, 0) is 45.2 Å². The lowest BCUT2D eigenvalue weighted by Crippen LogP contribution is -2.46. The topological polar surface area (TPSA) is 143 Å². The van der Waals surface area contributed by atoms with E-state index >= 15 is 0 Å². The van der Waals surface area contributed by atoms with Gasteiger partial charge in [-0.3, -0.25) is 19.1 Å². The van der Waals surface area contributed by atoms with Crippen LogP contribution in [0.25, 0.3) is 0 Å². The number of esters is 1. The first kappa shape index (κ1) is 32.1. The van der Waals surface area contributed by atoms with Crippen molar-refractivity contribution in [2.75, 3.05) is 11.9 Å². The molecule has 1 aliphatic rings. The maximum absolute atomic E-state index is 13.3. The second-order valence-corrected chi connectivity index (χ2v) is 11.9. The van der Waals surface area contributed by atoms with E-state index in [4.69, 9.17) is 21.1 Å². The van der Waals surface area contributed by atoms with Crippen molar-refractivity contribution in [3.63, 3.8) is 0 Å². The Morgan fingerprint density at radius 3 is 2.49 bits per heavy atom. The third kappa shape index (κ3) is 10.2. The van der Waals surface area contributed by atoms with Crippen LogP contribution in [0.2, 0.25) is 5.02 Å². The van der Waals surface area contributed by atoms with E-state index < -0.39 is 35.7 Å². The number of carbonyl (C=O) groups is 3. The SMILES string of the molecule is CC(C)CC(C(=O)Nc1ccn(C[C@@H](O)C[C@@H](O)CC(=O)OC(C)(C)C)n1)N1CC(Oc2ccccc2Cl)=CC1=O. The highest BCUT2D eigenvalue weighted by atomic mass is 35.5. The smallest absolute Gasteiger partial charge is 0.308 e. The van der Waals surface area contributed by atoms with Gasteiger partial charge in [0.2, 0.25) is 5.91 Å². The lowest BCUT2D eigenvalue weighted by Gasteiger charge is -2.28.